The van der Waals surface area contributed by atoms with Crippen LogP contribution in [0.25, 0.3) is 0 Å². The maximum atomic E-state index is 10.3. The number of halogens is 4. The molecule has 13 heavy (non-hydrogen) atoms. The van der Waals surface area contributed by atoms with E-state index >= 15 is 0 Å². The zero-order valence-corrected chi connectivity index (χ0v) is 10.1. The van der Waals surface area contributed by atoms with Gasteiger partial charge in [-0.25, -0.2) is 0 Å². The van der Waals surface area contributed by atoms with Gasteiger partial charge in [0.25, 0.3) is 0 Å². The van der Waals surface area contributed by atoms with Gasteiger partial charge in [0.15, 0.2) is 5.96 Å². The average molecular weight is 311 g/mol. The van der Waals surface area contributed by atoms with Gasteiger partial charge in [-0.2, -0.15) is 13.2 Å². The van der Waals surface area contributed by atoms with E-state index < -0.39 is 4.18 Å². The van der Waals surface area contributed by atoms with Crippen molar-refractivity contribution in [2.24, 2.45) is 0 Å². The Bertz CT molecular complexity index is 140. The van der Waals surface area contributed by atoms with E-state index in [0.29, 0.717) is 28.6 Å². The topological polar surface area (TPSA) is 30.3 Å². The van der Waals surface area contributed by atoms with E-state index in [1.165, 1.54) is 0 Å². The smallest absolute Gasteiger partial charge is 0.349 e. The minimum Gasteiger partial charge on any atom is -0.349 e. The van der Waals surface area contributed by atoms with Crippen LogP contribution in [-0.2, 0) is 0 Å². The summed E-state index contributed by atoms with van der Waals surface area (Å²) in [5.41, 5.74) is 0. The van der Waals surface area contributed by atoms with Crippen molar-refractivity contribution < 1.29 is 13.2 Å². The largest absolute Gasteiger partial charge is 0.441 e. The summed E-state index contributed by atoms with van der Waals surface area (Å²) in [6.45, 7) is 0. The Kier molecular flexibility index (Phi) is 7.37. The van der Waals surface area contributed by atoms with Crippen molar-refractivity contribution in [2.45, 2.75) is 4.18 Å². The summed E-state index contributed by atoms with van der Waals surface area (Å²) < 4.78 is 27.0. The predicted octanol–water partition coefficient (Wildman–Crippen LogP) is 1.99. The van der Waals surface area contributed by atoms with E-state index in [9.17, 15) is 13.2 Å². The van der Waals surface area contributed by atoms with E-state index in [2.05, 4.69) is 0 Å². The number of nitrogens with one attached hydrogen (secondary N) is 1. The van der Waals surface area contributed by atoms with Crippen LogP contribution in [0.15, 0.2) is 0 Å². The number of guanidine groups is 1. The quantitative estimate of drug-likeness (QED) is 0.321. The molecule has 0 aromatic carbocycles. The van der Waals surface area contributed by atoms with Crippen LogP contribution < -0.4 is 0 Å². The van der Waals surface area contributed by atoms with Crippen LogP contribution in [0.4, 0.5) is 13.2 Å². The lowest BCUT2D eigenvalue weighted by Crippen LogP contribution is -2.34. The molecule has 0 radical (unpaired) electrons. The van der Waals surface area contributed by atoms with Crippen LogP contribution in [0.1, 0.15) is 0 Å². The Morgan fingerprint density at radius 1 is 1.08 bits per heavy atom. The molecule has 0 aliphatic heterocycles. The predicted molar refractivity (Wildman–Crippen MR) is 55.2 cm³/mol. The van der Waals surface area contributed by atoms with Gasteiger partial charge in [-0.3, -0.25) is 5.41 Å². The molecular weight excluding hydrogens is 298 g/mol. The van der Waals surface area contributed by atoms with Gasteiger partial charge < -0.3 is 9.80 Å². The van der Waals surface area contributed by atoms with Gasteiger partial charge in [0.1, 0.15) is 0 Å². The summed E-state index contributed by atoms with van der Waals surface area (Å²) in [6, 6.07) is 0. The number of rotatable bonds is 0. The zero-order valence-electron chi connectivity index (χ0n) is 7.91. The first-order chi connectivity index (χ1) is 5.55. The zero-order chi connectivity index (χ0) is 11.2. The molecule has 0 aromatic rings. The highest BCUT2D eigenvalue weighted by Gasteiger charge is 2.19. The highest BCUT2D eigenvalue weighted by molar-refractivity contribution is 14.1. The maximum Gasteiger partial charge on any atom is 0.441 e. The summed E-state index contributed by atoms with van der Waals surface area (Å²) in [6.07, 6.45) is 0. The molecular formula is C6H13F3IN3. The molecule has 3 nitrogen and oxygen atoms in total. The minimum atomic E-state index is -4.03. The molecule has 0 amide bonds. The molecule has 0 fully saturated rings. The molecule has 0 spiro atoms. The third-order valence-electron chi connectivity index (χ3n) is 0.847. The van der Waals surface area contributed by atoms with Crippen molar-refractivity contribution in [3.8, 4) is 0 Å². The van der Waals surface area contributed by atoms with Crippen LogP contribution in [0, 0.1) is 5.41 Å². The first kappa shape index (κ1) is 15.3. The maximum absolute atomic E-state index is 10.3. The van der Waals surface area contributed by atoms with Crippen molar-refractivity contribution in [3.63, 3.8) is 0 Å². The molecule has 0 rings (SSSR count). The molecule has 7 heteroatoms. The van der Waals surface area contributed by atoms with Crippen LogP contribution in [0.2, 0.25) is 0 Å². The molecule has 0 bridgehead atoms. The van der Waals surface area contributed by atoms with Gasteiger partial charge >= 0.3 is 4.18 Å². The molecule has 1 N–H and O–H groups in total. The molecule has 0 aliphatic carbocycles. The van der Waals surface area contributed by atoms with E-state index in [-0.39, 0.29) is 0 Å². The monoisotopic (exact) mass is 311 g/mol. The molecule has 0 heterocycles. The second kappa shape index (κ2) is 6.28. The molecule has 0 aliphatic rings. The van der Waals surface area contributed by atoms with Crippen LogP contribution in [0.3, 0.4) is 0 Å². The molecule has 0 saturated carbocycles. The first-order valence-corrected chi connectivity index (χ1v) is 4.32. The van der Waals surface area contributed by atoms with Crippen molar-refractivity contribution in [3.05, 3.63) is 0 Å². The van der Waals surface area contributed by atoms with E-state index in [1.807, 2.05) is 28.2 Å². The van der Waals surface area contributed by atoms with Crippen molar-refractivity contribution >= 4 is 28.6 Å². The third-order valence-corrected chi connectivity index (χ3v) is 0.847. The molecule has 0 unspecified atom stereocenters. The SMILES string of the molecule is CN(C)C(=N)N(C)C.FC(F)(F)I. The van der Waals surface area contributed by atoms with E-state index in [1.54, 1.807) is 9.80 Å². The van der Waals surface area contributed by atoms with Gasteiger partial charge in [-0.05, 0) is 0 Å². The summed E-state index contributed by atoms with van der Waals surface area (Å²) >= 11 is 0.378. The lowest BCUT2D eigenvalue weighted by molar-refractivity contribution is -0.0125. The Hall–Kier alpha value is -0.210. The van der Waals surface area contributed by atoms with Crippen LogP contribution in [0.5, 0.6) is 0 Å². The molecule has 0 saturated heterocycles. The molecule has 0 atom stereocenters. The minimum absolute atomic E-state index is 0.378. The normalized spacial score (nSPS) is 9.85. The van der Waals surface area contributed by atoms with Gasteiger partial charge in [-0.1, -0.05) is 0 Å². The Morgan fingerprint density at radius 3 is 1.23 bits per heavy atom. The number of hydrogen-bond acceptors (Lipinski definition) is 1. The van der Waals surface area contributed by atoms with Crippen LogP contribution in [-0.4, -0.2) is 48.1 Å². The second-order valence-electron chi connectivity index (χ2n) is 2.54. The summed E-state index contributed by atoms with van der Waals surface area (Å²) in [5.74, 6) is 0.519. The van der Waals surface area contributed by atoms with E-state index in [0.717, 1.165) is 0 Å². The van der Waals surface area contributed by atoms with Crippen LogP contribution >= 0.6 is 22.6 Å². The summed E-state index contributed by atoms with van der Waals surface area (Å²) in [4.78, 5) is 3.50. The highest BCUT2D eigenvalue weighted by Crippen LogP contribution is 2.22. The van der Waals surface area contributed by atoms with Crippen molar-refractivity contribution in [1.82, 2.24) is 9.80 Å². The fourth-order valence-electron chi connectivity index (χ4n) is 0.400. The van der Waals surface area contributed by atoms with Gasteiger partial charge in [-0.15, -0.1) is 0 Å². The lowest BCUT2D eigenvalue weighted by Gasteiger charge is -2.19. The summed E-state index contributed by atoms with van der Waals surface area (Å²) in [7, 11) is 7.40. The van der Waals surface area contributed by atoms with Gasteiger partial charge in [0.05, 0.1) is 0 Å². The Labute approximate surface area is 89.5 Å². The fraction of sp³-hybridized carbons (Fsp3) is 0.833. The summed E-state index contributed by atoms with van der Waals surface area (Å²) in [5, 5.41) is 7.25. The lowest BCUT2D eigenvalue weighted by atomic mass is 10.7. The first-order valence-electron chi connectivity index (χ1n) is 3.24. The average Bonchev–Trinajstić information content (AvgIpc) is 1.81. The van der Waals surface area contributed by atoms with Crippen molar-refractivity contribution in [2.75, 3.05) is 28.2 Å². The fourth-order valence-corrected chi connectivity index (χ4v) is 0.400. The molecule has 0 aromatic heterocycles. The Balaban J connectivity index is 0. The second-order valence-corrected chi connectivity index (χ2v) is 3.76. The van der Waals surface area contributed by atoms with E-state index in [4.69, 9.17) is 5.41 Å². The highest BCUT2D eigenvalue weighted by atomic mass is 127. The standard InChI is InChI=1S/C5H13N3.CF3I/c1-7(2)5(6)8(3)4;2-1(3,4)5/h6H,1-4H3;. The van der Waals surface area contributed by atoms with Gasteiger partial charge in [0, 0.05) is 50.8 Å². The number of alkyl halides is 4. The van der Waals surface area contributed by atoms with Crippen molar-refractivity contribution in [1.29, 1.82) is 5.41 Å². The Morgan fingerprint density at radius 2 is 1.23 bits per heavy atom. The third kappa shape index (κ3) is 18.6. The molecule has 80 valence electrons. The number of nitrogens with zero attached hydrogens (tertiary/aromatic N) is 2. The van der Waals surface area contributed by atoms with Gasteiger partial charge in [0.2, 0.25) is 0 Å². The number of hydrogen-bond donors (Lipinski definition) is 1.